The average molecular weight is 563 g/mol. The number of H-pyrrole nitrogens is 1. The van der Waals surface area contributed by atoms with Crippen LogP contribution in [-0.4, -0.2) is 64.6 Å². The van der Waals surface area contributed by atoms with E-state index in [1.165, 1.54) is 23.3 Å². The van der Waals surface area contributed by atoms with Crippen molar-refractivity contribution in [3.05, 3.63) is 98.4 Å². The molecule has 9 heteroatoms. The van der Waals surface area contributed by atoms with Gasteiger partial charge in [-0.05, 0) is 66.1 Å². The maximum absolute atomic E-state index is 13.4. The summed E-state index contributed by atoms with van der Waals surface area (Å²) in [6.45, 7) is 3.69. The Balaban J connectivity index is 1.30. The number of halogens is 1. The van der Waals surface area contributed by atoms with Crippen LogP contribution in [0.5, 0.6) is 5.75 Å². The number of hydrogen-bond donors (Lipinski definition) is 3. The number of aromatic nitrogens is 1. The molecule has 1 aliphatic rings. The van der Waals surface area contributed by atoms with E-state index in [2.05, 4.69) is 39.0 Å². The number of carbonyl (C=O) groups is 1. The number of aromatic amines is 1. The van der Waals surface area contributed by atoms with Crippen LogP contribution in [0.3, 0.4) is 0 Å². The zero-order chi connectivity index (χ0) is 28.1. The number of nitrogens with one attached hydrogen (secondary N) is 1. The van der Waals surface area contributed by atoms with Gasteiger partial charge in [-0.3, -0.25) is 14.5 Å². The van der Waals surface area contributed by atoms with Gasteiger partial charge in [0, 0.05) is 45.2 Å². The molecule has 0 saturated carbocycles. The molecule has 0 atom stereocenters. The number of nitrogens with zero attached hydrogens (tertiary/aromatic N) is 2. The second kappa shape index (κ2) is 12.8. The molecule has 1 heterocycles. The number of amides is 1. The van der Waals surface area contributed by atoms with Crippen LogP contribution in [-0.2, 0) is 30.5 Å². The number of phenolic OH excluding ortho intramolecular Hbond substituents is 1. The number of thiazole rings is 1. The number of benzene rings is 3. The Kier molecular flexibility index (Phi) is 8.94. The molecule has 0 aliphatic heterocycles. The number of hydrogen-bond acceptors (Lipinski definition) is 6. The molecule has 7 nitrogen and oxygen atoms in total. The monoisotopic (exact) mass is 562 g/mol. The van der Waals surface area contributed by atoms with Gasteiger partial charge in [0.05, 0.1) is 4.70 Å². The fraction of sp³-hybridized carbons (Fsp3) is 0.355. The first-order valence-corrected chi connectivity index (χ1v) is 14.6. The molecule has 4 N–H and O–H groups in total. The predicted molar refractivity (Wildman–Crippen MR) is 157 cm³/mol. The number of primary amides is 1. The molecule has 5 rings (SSSR count). The van der Waals surface area contributed by atoms with Crippen LogP contribution < -0.4 is 10.6 Å². The highest BCUT2D eigenvalue weighted by Gasteiger charge is 2.27. The van der Waals surface area contributed by atoms with Crippen molar-refractivity contribution < 1.29 is 14.3 Å². The van der Waals surface area contributed by atoms with Gasteiger partial charge in [-0.1, -0.05) is 53.8 Å². The predicted octanol–water partition coefficient (Wildman–Crippen LogP) is 3.87. The minimum absolute atomic E-state index is 0.0893. The largest absolute Gasteiger partial charge is 0.506 e. The van der Waals surface area contributed by atoms with Crippen LogP contribution in [0.15, 0.2) is 65.5 Å². The fourth-order valence-corrected chi connectivity index (χ4v) is 6.51. The van der Waals surface area contributed by atoms with Gasteiger partial charge in [0.15, 0.2) is 0 Å². The Morgan fingerprint density at radius 1 is 0.950 bits per heavy atom. The Labute approximate surface area is 237 Å². The molecule has 1 aromatic heterocycles. The summed E-state index contributed by atoms with van der Waals surface area (Å²) in [5.41, 5.74) is 10.8. The lowest BCUT2D eigenvalue weighted by Crippen LogP contribution is -2.43. The van der Waals surface area contributed by atoms with Crippen LogP contribution in [0.1, 0.15) is 28.7 Å². The van der Waals surface area contributed by atoms with E-state index in [4.69, 9.17) is 5.73 Å². The van der Waals surface area contributed by atoms with Crippen molar-refractivity contribution in [1.29, 1.82) is 0 Å². The molecule has 0 fully saturated rings. The van der Waals surface area contributed by atoms with Crippen LogP contribution in [0, 0.1) is 5.82 Å². The highest BCUT2D eigenvalue weighted by atomic mass is 32.1. The fourth-order valence-electron chi connectivity index (χ4n) is 5.62. The van der Waals surface area contributed by atoms with E-state index in [9.17, 15) is 19.1 Å². The van der Waals surface area contributed by atoms with Gasteiger partial charge in [0.25, 0.3) is 0 Å². The van der Waals surface area contributed by atoms with Crippen molar-refractivity contribution in [1.82, 2.24) is 14.8 Å². The van der Waals surface area contributed by atoms with Gasteiger partial charge in [-0.2, -0.15) is 0 Å². The van der Waals surface area contributed by atoms with Crippen molar-refractivity contribution in [3.63, 3.8) is 0 Å². The molecule has 0 bridgehead atoms. The van der Waals surface area contributed by atoms with Crippen LogP contribution in [0.4, 0.5) is 4.39 Å². The summed E-state index contributed by atoms with van der Waals surface area (Å²) < 4.78 is 14.2. The van der Waals surface area contributed by atoms with Crippen LogP contribution in [0.25, 0.3) is 10.2 Å². The van der Waals surface area contributed by atoms with Gasteiger partial charge in [-0.25, -0.2) is 4.39 Å². The molecular formula is C31H35FN4O3S. The lowest BCUT2D eigenvalue weighted by Gasteiger charge is -2.32. The third kappa shape index (κ3) is 6.96. The van der Waals surface area contributed by atoms with Gasteiger partial charge in [0.1, 0.15) is 17.1 Å². The van der Waals surface area contributed by atoms with Gasteiger partial charge in [-0.15, -0.1) is 0 Å². The third-order valence-electron chi connectivity index (χ3n) is 7.86. The van der Waals surface area contributed by atoms with Crippen molar-refractivity contribution in [2.24, 2.45) is 5.73 Å². The number of aromatic hydroxyl groups is 1. The molecule has 0 spiro atoms. The van der Waals surface area contributed by atoms with E-state index in [1.54, 1.807) is 18.2 Å². The van der Waals surface area contributed by atoms with Crippen LogP contribution >= 0.6 is 11.3 Å². The highest BCUT2D eigenvalue weighted by molar-refractivity contribution is 7.16. The smallest absolute Gasteiger partial charge is 0.305 e. The maximum Gasteiger partial charge on any atom is 0.305 e. The van der Waals surface area contributed by atoms with E-state index in [-0.39, 0.29) is 28.8 Å². The minimum atomic E-state index is -0.322. The minimum Gasteiger partial charge on any atom is -0.506 e. The van der Waals surface area contributed by atoms with E-state index in [1.807, 2.05) is 6.07 Å². The first-order valence-electron chi connectivity index (χ1n) is 13.8. The standard InChI is InChI=1S/C31H35FN4O3S/c32-25-8-5-21(6-9-25)11-14-35(15-13-28(33)38)17-18-36(26-19-23-3-1-2-4-24(23)20-26)16-12-22-7-10-27(37)29-30(22)40-31(39)34-29/h1-10,26,37H,11-20H2,(H2,33,38)(H,34,39). The Hall–Kier alpha value is -3.53. The quantitative estimate of drug-likeness (QED) is 0.230. The van der Waals surface area contributed by atoms with E-state index >= 15 is 0 Å². The number of nitrogens with two attached hydrogens (primary N) is 1. The summed E-state index contributed by atoms with van der Waals surface area (Å²) in [6.07, 6.45) is 3.75. The molecule has 1 aliphatic carbocycles. The zero-order valence-electron chi connectivity index (χ0n) is 22.4. The first kappa shape index (κ1) is 28.0. The number of fused-ring (bicyclic) bond motifs is 2. The van der Waals surface area contributed by atoms with Crippen molar-refractivity contribution in [2.45, 2.75) is 38.1 Å². The van der Waals surface area contributed by atoms with E-state index in [0.717, 1.165) is 79.0 Å². The van der Waals surface area contributed by atoms with Gasteiger partial charge < -0.3 is 20.7 Å². The van der Waals surface area contributed by atoms with E-state index < -0.39 is 0 Å². The van der Waals surface area contributed by atoms with Gasteiger partial charge >= 0.3 is 4.87 Å². The molecule has 210 valence electrons. The molecule has 3 aromatic carbocycles. The number of rotatable bonds is 13. The molecule has 0 unspecified atom stereocenters. The van der Waals surface area contributed by atoms with E-state index in [0.29, 0.717) is 18.1 Å². The molecule has 1 amide bonds. The number of carbonyl (C=O) groups excluding carboxylic acids is 1. The average Bonchev–Trinajstić information content (AvgIpc) is 3.55. The van der Waals surface area contributed by atoms with Gasteiger partial charge in [0.2, 0.25) is 5.91 Å². The molecule has 4 aromatic rings. The Morgan fingerprint density at radius 3 is 2.38 bits per heavy atom. The highest BCUT2D eigenvalue weighted by Crippen LogP contribution is 2.29. The molecular weight excluding hydrogens is 527 g/mol. The second-order valence-corrected chi connectivity index (χ2v) is 11.5. The summed E-state index contributed by atoms with van der Waals surface area (Å²) in [6, 6.07) is 19.1. The molecule has 0 saturated heterocycles. The summed E-state index contributed by atoms with van der Waals surface area (Å²) in [5, 5.41) is 10.2. The SMILES string of the molecule is NC(=O)CCN(CCc1ccc(F)cc1)CCN(CCc1ccc(O)c2[nH]c(=O)sc12)C1Cc2ccccc2C1. The van der Waals surface area contributed by atoms with Crippen molar-refractivity contribution >= 4 is 27.5 Å². The summed E-state index contributed by atoms with van der Waals surface area (Å²) in [7, 11) is 0. The first-order chi connectivity index (χ1) is 19.4. The van der Waals surface area contributed by atoms with Crippen molar-refractivity contribution in [2.75, 3.05) is 32.7 Å². The third-order valence-corrected chi connectivity index (χ3v) is 8.82. The lowest BCUT2D eigenvalue weighted by atomic mass is 10.1. The molecule has 40 heavy (non-hydrogen) atoms. The second-order valence-electron chi connectivity index (χ2n) is 10.5. The Morgan fingerprint density at radius 2 is 1.68 bits per heavy atom. The summed E-state index contributed by atoms with van der Waals surface area (Å²) >= 11 is 1.13. The van der Waals surface area contributed by atoms with Crippen molar-refractivity contribution in [3.8, 4) is 5.75 Å². The number of phenols is 1. The maximum atomic E-state index is 13.4. The normalized spacial score (nSPS) is 13.5. The Bertz CT molecular complexity index is 1490. The summed E-state index contributed by atoms with van der Waals surface area (Å²) in [4.78, 5) is 31.0. The zero-order valence-corrected chi connectivity index (χ0v) is 23.3. The van der Waals surface area contributed by atoms with Crippen LogP contribution in [0.2, 0.25) is 0 Å². The summed E-state index contributed by atoms with van der Waals surface area (Å²) in [5.74, 6) is -0.483. The topological polar surface area (TPSA) is 103 Å². The lowest BCUT2D eigenvalue weighted by molar-refractivity contribution is -0.118. The molecule has 0 radical (unpaired) electrons.